The SMILES string of the molecule is CN1CCN=C(/C=C/c2ccc(Br)cc2SCc2ccc(Cl)cc2)c2ccccc21. The number of hydrogen-bond donors (Lipinski definition) is 0. The summed E-state index contributed by atoms with van der Waals surface area (Å²) in [5.74, 6) is 0.892. The molecule has 0 aliphatic carbocycles. The van der Waals surface area contributed by atoms with Crippen LogP contribution in [0, 0.1) is 0 Å². The van der Waals surface area contributed by atoms with E-state index in [9.17, 15) is 0 Å². The van der Waals surface area contributed by atoms with Crippen molar-refractivity contribution in [1.82, 2.24) is 0 Å². The van der Waals surface area contributed by atoms with Gasteiger partial charge in [0, 0.05) is 45.0 Å². The van der Waals surface area contributed by atoms with E-state index in [0.717, 1.165) is 34.0 Å². The predicted molar refractivity (Wildman–Crippen MR) is 135 cm³/mol. The van der Waals surface area contributed by atoms with E-state index in [1.54, 1.807) is 0 Å². The number of halogens is 2. The first-order chi connectivity index (χ1) is 14.6. The Morgan fingerprint density at radius 1 is 1.07 bits per heavy atom. The van der Waals surface area contributed by atoms with Crippen molar-refractivity contribution in [2.45, 2.75) is 10.6 Å². The van der Waals surface area contributed by atoms with Crippen molar-refractivity contribution < 1.29 is 0 Å². The maximum atomic E-state index is 6.01. The summed E-state index contributed by atoms with van der Waals surface area (Å²) in [6.45, 7) is 1.72. The molecule has 152 valence electrons. The van der Waals surface area contributed by atoms with Gasteiger partial charge in [-0.15, -0.1) is 11.8 Å². The molecule has 3 aromatic carbocycles. The van der Waals surface area contributed by atoms with Crippen LogP contribution in [-0.2, 0) is 5.75 Å². The molecule has 1 heterocycles. The van der Waals surface area contributed by atoms with Gasteiger partial charge in [0.2, 0.25) is 0 Å². The average molecular weight is 498 g/mol. The van der Waals surface area contributed by atoms with Crippen LogP contribution in [0.2, 0.25) is 5.02 Å². The Kier molecular flexibility index (Phi) is 6.98. The maximum Gasteiger partial charge on any atom is 0.0668 e. The molecule has 1 aliphatic rings. The average Bonchev–Trinajstić information content (AvgIpc) is 2.92. The minimum absolute atomic E-state index is 0.768. The monoisotopic (exact) mass is 496 g/mol. The lowest BCUT2D eigenvalue weighted by atomic mass is 10.1. The van der Waals surface area contributed by atoms with Crippen LogP contribution >= 0.6 is 39.3 Å². The van der Waals surface area contributed by atoms with Crippen LogP contribution in [-0.4, -0.2) is 25.8 Å². The molecule has 30 heavy (non-hydrogen) atoms. The molecule has 0 saturated carbocycles. The van der Waals surface area contributed by atoms with E-state index in [2.05, 4.69) is 94.6 Å². The van der Waals surface area contributed by atoms with Gasteiger partial charge >= 0.3 is 0 Å². The molecule has 0 saturated heterocycles. The molecule has 4 rings (SSSR count). The van der Waals surface area contributed by atoms with Crippen molar-refractivity contribution in [2.75, 3.05) is 25.0 Å². The lowest BCUT2D eigenvalue weighted by Gasteiger charge is -2.18. The lowest BCUT2D eigenvalue weighted by Crippen LogP contribution is -2.20. The maximum absolute atomic E-state index is 6.01. The summed E-state index contributed by atoms with van der Waals surface area (Å²) < 4.78 is 1.08. The number of allylic oxidation sites excluding steroid dienone is 1. The number of thioether (sulfide) groups is 1. The Labute approximate surface area is 195 Å². The van der Waals surface area contributed by atoms with Crippen molar-refractivity contribution in [2.24, 2.45) is 4.99 Å². The second-order valence-corrected chi connectivity index (χ2v) is 9.51. The second-order valence-electron chi connectivity index (χ2n) is 7.14. The quantitative estimate of drug-likeness (QED) is 0.342. The molecule has 3 aromatic rings. The molecule has 0 fully saturated rings. The van der Waals surface area contributed by atoms with Crippen molar-refractivity contribution in [1.29, 1.82) is 0 Å². The van der Waals surface area contributed by atoms with E-state index in [4.69, 9.17) is 16.6 Å². The first-order valence-corrected chi connectivity index (χ1v) is 12.0. The van der Waals surface area contributed by atoms with E-state index in [1.807, 2.05) is 23.9 Å². The standard InChI is InChI=1S/C25H22BrClN2S/c1-29-15-14-28-23(22-4-2-3-5-24(22)29)13-9-19-8-10-20(26)16-25(19)30-17-18-6-11-21(27)12-7-18/h2-13,16H,14-15,17H2,1H3/b13-9+. The van der Waals surface area contributed by atoms with Gasteiger partial charge < -0.3 is 4.90 Å². The number of benzene rings is 3. The lowest BCUT2D eigenvalue weighted by molar-refractivity contribution is 0.897. The predicted octanol–water partition coefficient (Wildman–Crippen LogP) is 7.35. The highest BCUT2D eigenvalue weighted by Crippen LogP contribution is 2.31. The fourth-order valence-corrected chi connectivity index (χ4v) is 5.04. The summed E-state index contributed by atoms with van der Waals surface area (Å²) in [6.07, 6.45) is 4.32. The summed E-state index contributed by atoms with van der Waals surface area (Å²) in [7, 11) is 2.13. The summed E-state index contributed by atoms with van der Waals surface area (Å²) in [5.41, 5.74) is 5.89. The highest BCUT2D eigenvalue weighted by Gasteiger charge is 2.14. The van der Waals surface area contributed by atoms with Crippen molar-refractivity contribution in [3.8, 4) is 0 Å². The summed E-state index contributed by atoms with van der Waals surface area (Å²) in [5, 5.41) is 0.768. The van der Waals surface area contributed by atoms with Gasteiger partial charge in [-0.2, -0.15) is 0 Å². The highest BCUT2D eigenvalue weighted by atomic mass is 79.9. The number of para-hydroxylation sites is 1. The molecular weight excluding hydrogens is 476 g/mol. The molecule has 1 aliphatic heterocycles. The first-order valence-electron chi connectivity index (χ1n) is 9.80. The van der Waals surface area contributed by atoms with E-state index >= 15 is 0 Å². The van der Waals surface area contributed by atoms with Crippen LogP contribution in [0.15, 0.2) is 87.2 Å². The zero-order chi connectivity index (χ0) is 20.9. The largest absolute Gasteiger partial charge is 0.372 e. The Morgan fingerprint density at radius 2 is 1.87 bits per heavy atom. The summed E-state index contributed by atoms with van der Waals surface area (Å²) >= 11 is 11.4. The zero-order valence-electron chi connectivity index (χ0n) is 16.7. The fourth-order valence-electron chi connectivity index (χ4n) is 3.37. The molecule has 0 radical (unpaired) electrons. The highest BCUT2D eigenvalue weighted by molar-refractivity contribution is 9.10. The minimum atomic E-state index is 0.768. The van der Waals surface area contributed by atoms with Crippen LogP contribution < -0.4 is 4.90 Å². The van der Waals surface area contributed by atoms with Gasteiger partial charge in [0.1, 0.15) is 0 Å². The Balaban J connectivity index is 1.58. The van der Waals surface area contributed by atoms with E-state index in [-0.39, 0.29) is 0 Å². The molecule has 0 bridgehead atoms. The number of anilines is 1. The third-order valence-electron chi connectivity index (χ3n) is 5.01. The van der Waals surface area contributed by atoms with Crippen LogP contribution in [0.4, 0.5) is 5.69 Å². The Bertz CT molecular complexity index is 1090. The third kappa shape index (κ3) is 5.18. The molecule has 0 amide bonds. The molecule has 0 N–H and O–H groups in total. The number of aliphatic imine (C=N–C) groups is 1. The van der Waals surface area contributed by atoms with Gasteiger partial charge in [-0.3, -0.25) is 4.99 Å². The van der Waals surface area contributed by atoms with Crippen LogP contribution in [0.3, 0.4) is 0 Å². The summed E-state index contributed by atoms with van der Waals surface area (Å²) in [6, 6.07) is 22.9. The molecule has 0 atom stereocenters. The number of rotatable bonds is 5. The Morgan fingerprint density at radius 3 is 2.70 bits per heavy atom. The molecule has 2 nitrogen and oxygen atoms in total. The molecular formula is C25H22BrClN2S. The number of benzodiazepines with no additional fused rings is 1. The normalized spacial score (nSPS) is 13.8. The number of fused-ring (bicyclic) bond motifs is 1. The summed E-state index contributed by atoms with van der Waals surface area (Å²) in [4.78, 5) is 8.34. The van der Waals surface area contributed by atoms with Gasteiger partial charge in [0.05, 0.1) is 12.3 Å². The zero-order valence-corrected chi connectivity index (χ0v) is 19.8. The Hall–Kier alpha value is -2.01. The van der Waals surface area contributed by atoms with Crippen molar-refractivity contribution in [3.63, 3.8) is 0 Å². The van der Waals surface area contributed by atoms with E-state index < -0.39 is 0 Å². The number of likely N-dealkylation sites (N-methyl/N-ethyl adjacent to an activating group) is 1. The van der Waals surface area contributed by atoms with E-state index in [0.29, 0.717) is 0 Å². The van der Waals surface area contributed by atoms with Crippen molar-refractivity contribution in [3.05, 3.63) is 99.0 Å². The molecule has 0 unspecified atom stereocenters. The van der Waals surface area contributed by atoms with Crippen LogP contribution in [0.25, 0.3) is 6.08 Å². The third-order valence-corrected chi connectivity index (χ3v) is 6.90. The van der Waals surface area contributed by atoms with Gasteiger partial charge in [0.15, 0.2) is 0 Å². The minimum Gasteiger partial charge on any atom is -0.372 e. The number of nitrogens with zero attached hydrogens (tertiary/aromatic N) is 2. The van der Waals surface area contributed by atoms with Gasteiger partial charge in [-0.25, -0.2) is 0 Å². The second kappa shape index (κ2) is 9.86. The van der Waals surface area contributed by atoms with Gasteiger partial charge in [-0.1, -0.05) is 70.0 Å². The molecule has 0 aromatic heterocycles. The first kappa shape index (κ1) is 21.2. The van der Waals surface area contributed by atoms with Gasteiger partial charge in [0.25, 0.3) is 0 Å². The van der Waals surface area contributed by atoms with Crippen LogP contribution in [0.1, 0.15) is 16.7 Å². The van der Waals surface area contributed by atoms with Crippen molar-refractivity contribution >= 4 is 56.8 Å². The fraction of sp³-hybridized carbons (Fsp3) is 0.160. The van der Waals surface area contributed by atoms with Crippen LogP contribution in [0.5, 0.6) is 0 Å². The number of hydrogen-bond acceptors (Lipinski definition) is 3. The van der Waals surface area contributed by atoms with Gasteiger partial charge in [-0.05, 0) is 47.5 Å². The van der Waals surface area contributed by atoms with E-state index in [1.165, 1.54) is 27.3 Å². The molecule has 5 heteroatoms. The molecule has 0 spiro atoms. The smallest absolute Gasteiger partial charge is 0.0668 e. The topological polar surface area (TPSA) is 15.6 Å².